The second kappa shape index (κ2) is 8.87. The highest BCUT2D eigenvalue weighted by Gasteiger charge is 2.37. The van der Waals surface area contributed by atoms with Gasteiger partial charge in [0.2, 0.25) is 5.16 Å². The van der Waals surface area contributed by atoms with Crippen LogP contribution < -0.4 is 5.32 Å². The van der Waals surface area contributed by atoms with E-state index in [0.717, 1.165) is 5.56 Å². The Kier molecular flexibility index (Phi) is 6.30. The van der Waals surface area contributed by atoms with E-state index in [1.807, 2.05) is 37.3 Å². The maximum absolute atomic E-state index is 12.9. The summed E-state index contributed by atoms with van der Waals surface area (Å²) in [6, 6.07) is 8.55. The van der Waals surface area contributed by atoms with Crippen LogP contribution in [0.4, 0.5) is 4.79 Å². The first-order chi connectivity index (χ1) is 13.6. The molecule has 2 amide bonds. The van der Waals surface area contributed by atoms with Gasteiger partial charge in [-0.2, -0.15) is 0 Å². The lowest BCUT2D eigenvalue weighted by Gasteiger charge is -2.36. The molecule has 0 saturated carbocycles. The molecular weight excluding hydrogens is 380 g/mol. The molecular formula is C18H22N6O3S. The second-order valence-corrected chi connectivity index (χ2v) is 6.93. The van der Waals surface area contributed by atoms with Gasteiger partial charge in [-0.3, -0.25) is 4.90 Å². The molecule has 3 rings (SSSR count). The summed E-state index contributed by atoms with van der Waals surface area (Å²) in [6.45, 7) is 4.29. The summed E-state index contributed by atoms with van der Waals surface area (Å²) in [7, 11) is 1.74. The minimum absolute atomic E-state index is 0.248. The van der Waals surface area contributed by atoms with E-state index in [4.69, 9.17) is 4.74 Å². The Bertz CT molecular complexity index is 882. The van der Waals surface area contributed by atoms with Crippen LogP contribution in [0.3, 0.4) is 0 Å². The zero-order valence-electron chi connectivity index (χ0n) is 16.0. The molecule has 2 heterocycles. The Morgan fingerprint density at radius 3 is 2.64 bits per heavy atom. The van der Waals surface area contributed by atoms with Crippen LogP contribution in [-0.2, 0) is 16.6 Å². The van der Waals surface area contributed by atoms with Gasteiger partial charge in [0.25, 0.3) is 0 Å². The van der Waals surface area contributed by atoms with Gasteiger partial charge in [-0.05, 0) is 29.8 Å². The molecule has 1 aromatic carbocycles. The summed E-state index contributed by atoms with van der Waals surface area (Å²) in [5.74, 6) is -0.0889. The molecule has 10 heteroatoms. The van der Waals surface area contributed by atoms with Crippen molar-refractivity contribution in [1.29, 1.82) is 0 Å². The van der Waals surface area contributed by atoms with Gasteiger partial charge in [0.05, 0.1) is 18.2 Å². The number of carbonyl (C=O) groups excluding carboxylic acids is 2. The molecule has 148 valence electrons. The molecule has 1 aromatic heterocycles. The molecule has 0 spiro atoms. The number of esters is 1. The number of hydrogen-bond acceptors (Lipinski definition) is 7. The number of thioether (sulfide) groups is 1. The number of hydrogen-bond donors (Lipinski definition) is 1. The highest BCUT2D eigenvalue weighted by atomic mass is 32.2. The minimum Gasteiger partial charge on any atom is -0.463 e. The van der Waals surface area contributed by atoms with E-state index in [9.17, 15) is 9.59 Å². The molecule has 1 unspecified atom stereocenters. The number of urea groups is 1. The van der Waals surface area contributed by atoms with Gasteiger partial charge in [0.15, 0.2) is 0 Å². The van der Waals surface area contributed by atoms with Crippen molar-refractivity contribution < 1.29 is 14.3 Å². The normalized spacial score (nSPS) is 16.9. The maximum Gasteiger partial charge on any atom is 0.338 e. The van der Waals surface area contributed by atoms with Gasteiger partial charge in [-0.15, -0.1) is 5.10 Å². The van der Waals surface area contributed by atoms with Gasteiger partial charge >= 0.3 is 12.0 Å². The molecule has 1 N–H and O–H groups in total. The lowest BCUT2D eigenvalue weighted by Crippen LogP contribution is -2.49. The van der Waals surface area contributed by atoms with Crippen LogP contribution in [0.2, 0.25) is 0 Å². The van der Waals surface area contributed by atoms with Crippen LogP contribution in [-0.4, -0.2) is 56.0 Å². The highest BCUT2D eigenvalue weighted by Crippen LogP contribution is 2.33. The Morgan fingerprint density at radius 1 is 1.29 bits per heavy atom. The topological polar surface area (TPSA) is 102 Å². The van der Waals surface area contributed by atoms with Crippen molar-refractivity contribution in [1.82, 2.24) is 30.4 Å². The summed E-state index contributed by atoms with van der Waals surface area (Å²) in [6.07, 6.45) is 0. The Morgan fingerprint density at radius 2 is 2.04 bits per heavy atom. The van der Waals surface area contributed by atoms with E-state index < -0.39 is 12.0 Å². The SMILES string of the molecule is CCOC(=O)C1=C(CSc2nnnn2C)N(CC)C(=O)NC1c1ccccc1. The first-order valence-electron chi connectivity index (χ1n) is 8.95. The zero-order valence-corrected chi connectivity index (χ0v) is 16.8. The lowest BCUT2D eigenvalue weighted by atomic mass is 9.95. The third-order valence-electron chi connectivity index (χ3n) is 4.30. The predicted molar refractivity (Wildman–Crippen MR) is 103 cm³/mol. The number of ether oxygens (including phenoxy) is 1. The summed E-state index contributed by atoms with van der Waals surface area (Å²) in [4.78, 5) is 27.2. The van der Waals surface area contributed by atoms with E-state index >= 15 is 0 Å². The fraction of sp³-hybridized carbons (Fsp3) is 0.389. The van der Waals surface area contributed by atoms with Crippen molar-refractivity contribution in [3.63, 3.8) is 0 Å². The predicted octanol–water partition coefficient (Wildman–Crippen LogP) is 1.91. The van der Waals surface area contributed by atoms with Crippen molar-refractivity contribution >= 4 is 23.8 Å². The number of aryl methyl sites for hydroxylation is 1. The van der Waals surface area contributed by atoms with Gasteiger partial charge in [0.1, 0.15) is 0 Å². The molecule has 0 radical (unpaired) electrons. The second-order valence-electron chi connectivity index (χ2n) is 5.99. The summed E-state index contributed by atoms with van der Waals surface area (Å²) in [5, 5.41) is 14.9. The van der Waals surface area contributed by atoms with E-state index in [-0.39, 0.29) is 12.6 Å². The number of nitrogens with one attached hydrogen (secondary N) is 1. The lowest BCUT2D eigenvalue weighted by molar-refractivity contribution is -0.139. The van der Waals surface area contributed by atoms with Gasteiger partial charge < -0.3 is 10.1 Å². The molecule has 28 heavy (non-hydrogen) atoms. The van der Waals surface area contributed by atoms with E-state index in [1.165, 1.54) is 11.8 Å². The van der Waals surface area contributed by atoms with Gasteiger partial charge in [-0.1, -0.05) is 42.1 Å². The number of tetrazole rings is 1. The van der Waals surface area contributed by atoms with Gasteiger partial charge in [0, 0.05) is 25.0 Å². The molecule has 0 saturated heterocycles. The third-order valence-corrected chi connectivity index (χ3v) is 5.32. The smallest absolute Gasteiger partial charge is 0.338 e. The van der Waals surface area contributed by atoms with Gasteiger partial charge in [-0.25, -0.2) is 14.3 Å². The number of benzene rings is 1. The number of rotatable bonds is 7. The van der Waals surface area contributed by atoms with Crippen LogP contribution in [0.15, 0.2) is 46.8 Å². The van der Waals surface area contributed by atoms with Crippen LogP contribution in [0.1, 0.15) is 25.5 Å². The first-order valence-corrected chi connectivity index (χ1v) is 9.93. The minimum atomic E-state index is -0.580. The Hall–Kier alpha value is -2.88. The molecule has 1 aliphatic heterocycles. The molecule has 0 aliphatic carbocycles. The van der Waals surface area contributed by atoms with Crippen molar-refractivity contribution in [2.24, 2.45) is 7.05 Å². The largest absolute Gasteiger partial charge is 0.463 e. The average molecular weight is 402 g/mol. The van der Waals surface area contributed by atoms with E-state index in [2.05, 4.69) is 20.8 Å². The third kappa shape index (κ3) is 4.01. The number of aromatic nitrogens is 4. The zero-order chi connectivity index (χ0) is 20.1. The molecule has 0 fully saturated rings. The van der Waals surface area contributed by atoms with E-state index in [0.29, 0.717) is 28.7 Å². The molecule has 0 bridgehead atoms. The number of nitrogens with zero attached hydrogens (tertiary/aromatic N) is 5. The maximum atomic E-state index is 12.9. The van der Waals surface area contributed by atoms with Crippen LogP contribution in [0.25, 0.3) is 0 Å². The standard InChI is InChI=1S/C18H22N6O3S/c1-4-24-13(11-28-18-20-21-22-23(18)3)14(16(25)27-5-2)15(19-17(24)26)12-9-7-6-8-10-12/h6-10,15H,4-5,11H2,1-3H3,(H,19,26). The van der Waals surface area contributed by atoms with Crippen LogP contribution >= 0.6 is 11.8 Å². The fourth-order valence-corrected chi connectivity index (χ4v) is 3.91. The number of amides is 2. The van der Waals surface area contributed by atoms with Crippen molar-refractivity contribution in [2.45, 2.75) is 25.0 Å². The van der Waals surface area contributed by atoms with E-state index in [1.54, 1.807) is 23.6 Å². The fourth-order valence-electron chi connectivity index (χ4n) is 3.01. The quantitative estimate of drug-likeness (QED) is 0.557. The molecule has 1 atom stereocenters. The summed E-state index contributed by atoms with van der Waals surface area (Å²) in [5.41, 5.74) is 1.85. The summed E-state index contributed by atoms with van der Waals surface area (Å²) >= 11 is 1.36. The van der Waals surface area contributed by atoms with Crippen molar-refractivity contribution in [3.8, 4) is 0 Å². The van der Waals surface area contributed by atoms with Crippen LogP contribution in [0, 0.1) is 0 Å². The van der Waals surface area contributed by atoms with Crippen molar-refractivity contribution in [3.05, 3.63) is 47.2 Å². The number of carbonyl (C=O) groups is 2. The van der Waals surface area contributed by atoms with Crippen molar-refractivity contribution in [2.75, 3.05) is 18.9 Å². The monoisotopic (exact) mass is 402 g/mol. The summed E-state index contributed by atoms with van der Waals surface area (Å²) < 4.78 is 6.87. The Balaban J connectivity index is 2.06. The Labute approximate surface area is 167 Å². The molecule has 9 nitrogen and oxygen atoms in total. The first kappa shape index (κ1) is 19.9. The average Bonchev–Trinajstić information content (AvgIpc) is 3.11. The highest BCUT2D eigenvalue weighted by molar-refractivity contribution is 7.99. The van der Waals surface area contributed by atoms with Crippen LogP contribution in [0.5, 0.6) is 0 Å². The molecule has 2 aromatic rings. The molecule has 1 aliphatic rings.